The summed E-state index contributed by atoms with van der Waals surface area (Å²) in [6.07, 6.45) is 0. The quantitative estimate of drug-likeness (QED) is 0.704. The Morgan fingerprint density at radius 2 is 1.15 bits per heavy atom. The summed E-state index contributed by atoms with van der Waals surface area (Å²) in [6, 6.07) is 21.2. The summed E-state index contributed by atoms with van der Waals surface area (Å²) in [5.41, 5.74) is 1.98. The molecule has 138 valence electrons. The Kier molecular flexibility index (Phi) is 5.57. The second-order valence-corrected chi connectivity index (χ2v) is 8.24. The fourth-order valence-corrected chi connectivity index (χ4v) is 3.24. The molecule has 2 aromatic rings. The van der Waals surface area contributed by atoms with Gasteiger partial charge in [0.1, 0.15) is 0 Å². The van der Waals surface area contributed by atoms with E-state index in [2.05, 4.69) is 100 Å². The summed E-state index contributed by atoms with van der Waals surface area (Å²) in [4.78, 5) is 2.44. The topological polar surface area (TPSA) is 21.7 Å². The van der Waals surface area contributed by atoms with Crippen molar-refractivity contribution in [2.45, 2.75) is 64.9 Å². The van der Waals surface area contributed by atoms with Crippen LogP contribution in [-0.4, -0.2) is 29.2 Å². The highest BCUT2D eigenvalue weighted by Crippen LogP contribution is 2.38. The first kappa shape index (κ1) is 19.2. The van der Waals surface area contributed by atoms with E-state index in [0.717, 1.165) is 13.1 Å². The molecule has 1 fully saturated rings. The Morgan fingerprint density at radius 1 is 0.769 bits per heavy atom. The van der Waals surface area contributed by atoms with Gasteiger partial charge in [0.2, 0.25) is 0 Å². The van der Waals surface area contributed by atoms with Crippen LogP contribution in [-0.2, 0) is 22.4 Å². The van der Waals surface area contributed by atoms with Crippen molar-refractivity contribution in [2.75, 3.05) is 0 Å². The number of hydrogen-bond acceptors (Lipinski definition) is 3. The van der Waals surface area contributed by atoms with Gasteiger partial charge in [0.05, 0.1) is 11.2 Å². The zero-order valence-electron chi connectivity index (χ0n) is 16.6. The zero-order chi connectivity index (χ0) is 18.8. The second kappa shape index (κ2) is 7.55. The minimum Gasteiger partial charge on any atom is -0.402 e. The molecule has 1 atom stereocenters. The molecule has 1 aliphatic rings. The summed E-state index contributed by atoms with van der Waals surface area (Å²) < 4.78 is 12.6. The first-order chi connectivity index (χ1) is 12.3. The number of rotatable bonds is 6. The third-order valence-electron chi connectivity index (χ3n) is 5.70. The molecule has 0 spiro atoms. The monoisotopic (exact) mass is 351 g/mol. The van der Waals surface area contributed by atoms with Crippen LogP contribution in [0.3, 0.4) is 0 Å². The highest BCUT2D eigenvalue weighted by molar-refractivity contribution is 6.47. The van der Waals surface area contributed by atoms with Crippen LogP contribution in [0.5, 0.6) is 0 Å². The van der Waals surface area contributed by atoms with Crippen LogP contribution in [0.15, 0.2) is 60.7 Å². The Bertz CT molecular complexity index is 645. The van der Waals surface area contributed by atoms with Crippen molar-refractivity contribution in [1.82, 2.24) is 4.90 Å². The molecule has 0 aromatic heterocycles. The van der Waals surface area contributed by atoms with E-state index in [-0.39, 0.29) is 24.3 Å². The van der Waals surface area contributed by atoms with Crippen LogP contribution in [0, 0.1) is 0 Å². The molecule has 1 saturated heterocycles. The van der Waals surface area contributed by atoms with Gasteiger partial charge in [0.25, 0.3) is 0 Å². The molecular weight excluding hydrogens is 321 g/mol. The van der Waals surface area contributed by atoms with Crippen molar-refractivity contribution >= 4 is 7.12 Å². The molecule has 0 aliphatic carbocycles. The van der Waals surface area contributed by atoms with E-state index >= 15 is 0 Å². The van der Waals surface area contributed by atoms with Gasteiger partial charge in [-0.25, -0.2) is 0 Å². The number of nitrogens with zero attached hydrogens (tertiary/aromatic N) is 1. The van der Waals surface area contributed by atoms with Gasteiger partial charge in [-0.3, -0.25) is 4.90 Å². The molecule has 3 rings (SSSR count). The standard InChI is InChI=1S/C22H30BNO2/c1-18(23-25-21(2,3)22(4,5)26-23)24(16-19-12-8-6-9-13-19)17-20-14-10-7-11-15-20/h6-15,18H,16-17H2,1-5H3. The van der Waals surface area contributed by atoms with Crippen LogP contribution in [0.2, 0.25) is 0 Å². The third kappa shape index (κ3) is 4.20. The van der Waals surface area contributed by atoms with Gasteiger partial charge in [-0.05, 0) is 38.8 Å². The molecule has 1 heterocycles. The maximum Gasteiger partial charge on any atom is 0.476 e. The van der Waals surface area contributed by atoms with E-state index in [1.165, 1.54) is 11.1 Å². The molecule has 0 amide bonds. The lowest BCUT2D eigenvalue weighted by molar-refractivity contribution is 0.00578. The largest absolute Gasteiger partial charge is 0.476 e. The van der Waals surface area contributed by atoms with E-state index in [0.29, 0.717) is 0 Å². The maximum atomic E-state index is 6.32. The molecule has 2 aromatic carbocycles. The molecule has 1 aliphatic heterocycles. The molecule has 26 heavy (non-hydrogen) atoms. The van der Waals surface area contributed by atoms with Gasteiger partial charge in [-0.2, -0.15) is 0 Å². The minimum absolute atomic E-state index is 0.136. The Hall–Kier alpha value is -1.62. The van der Waals surface area contributed by atoms with E-state index in [4.69, 9.17) is 9.31 Å². The molecule has 1 unspecified atom stereocenters. The van der Waals surface area contributed by atoms with Crippen molar-refractivity contribution in [3.8, 4) is 0 Å². The molecular formula is C22H30BNO2. The van der Waals surface area contributed by atoms with Gasteiger partial charge >= 0.3 is 7.12 Å². The molecule has 0 bridgehead atoms. The van der Waals surface area contributed by atoms with Crippen LogP contribution in [0.4, 0.5) is 0 Å². The van der Waals surface area contributed by atoms with Gasteiger partial charge in [-0.1, -0.05) is 67.6 Å². The number of benzene rings is 2. The fourth-order valence-electron chi connectivity index (χ4n) is 3.24. The Labute approximate surface area is 158 Å². The van der Waals surface area contributed by atoms with Gasteiger partial charge in [-0.15, -0.1) is 0 Å². The summed E-state index contributed by atoms with van der Waals surface area (Å²) >= 11 is 0. The SMILES string of the molecule is CC(B1OC(C)(C)C(C)(C)O1)N(Cc1ccccc1)Cc1ccccc1. The summed E-state index contributed by atoms with van der Waals surface area (Å²) in [5, 5.41) is 0. The Balaban J connectivity index is 1.80. The Morgan fingerprint density at radius 3 is 1.54 bits per heavy atom. The van der Waals surface area contributed by atoms with Crippen LogP contribution in [0.1, 0.15) is 45.7 Å². The van der Waals surface area contributed by atoms with Gasteiger partial charge in [0.15, 0.2) is 0 Å². The van der Waals surface area contributed by atoms with Crippen LogP contribution >= 0.6 is 0 Å². The third-order valence-corrected chi connectivity index (χ3v) is 5.70. The first-order valence-electron chi connectivity index (χ1n) is 9.46. The van der Waals surface area contributed by atoms with Gasteiger partial charge < -0.3 is 9.31 Å². The van der Waals surface area contributed by atoms with Crippen LogP contribution in [0.25, 0.3) is 0 Å². The molecule has 0 radical (unpaired) electrons. The smallest absolute Gasteiger partial charge is 0.402 e. The van der Waals surface area contributed by atoms with E-state index in [1.54, 1.807) is 0 Å². The van der Waals surface area contributed by atoms with Crippen molar-refractivity contribution < 1.29 is 9.31 Å². The van der Waals surface area contributed by atoms with Crippen LogP contribution < -0.4 is 0 Å². The maximum absolute atomic E-state index is 6.32. The second-order valence-electron chi connectivity index (χ2n) is 8.24. The zero-order valence-corrected chi connectivity index (χ0v) is 16.6. The molecule has 0 saturated carbocycles. The van der Waals surface area contributed by atoms with Gasteiger partial charge in [0, 0.05) is 19.0 Å². The van der Waals surface area contributed by atoms with E-state index in [9.17, 15) is 0 Å². The van der Waals surface area contributed by atoms with E-state index < -0.39 is 0 Å². The van der Waals surface area contributed by atoms with Crippen molar-refractivity contribution in [3.63, 3.8) is 0 Å². The highest BCUT2D eigenvalue weighted by atomic mass is 16.7. The van der Waals surface area contributed by atoms with Crippen molar-refractivity contribution in [3.05, 3.63) is 71.8 Å². The minimum atomic E-state index is -0.308. The molecule has 0 N–H and O–H groups in total. The number of hydrogen-bond donors (Lipinski definition) is 0. The lowest BCUT2D eigenvalue weighted by Crippen LogP contribution is -2.45. The summed E-state index contributed by atoms with van der Waals surface area (Å²) in [5.74, 6) is 0.136. The molecule has 3 nitrogen and oxygen atoms in total. The average molecular weight is 351 g/mol. The normalized spacial score (nSPS) is 19.7. The fraction of sp³-hybridized carbons (Fsp3) is 0.455. The lowest BCUT2D eigenvalue weighted by Gasteiger charge is -2.32. The average Bonchev–Trinajstić information content (AvgIpc) is 2.83. The molecule has 4 heteroatoms. The summed E-state index contributed by atoms with van der Waals surface area (Å²) in [6.45, 7) is 12.4. The predicted molar refractivity (Wildman–Crippen MR) is 108 cm³/mol. The van der Waals surface area contributed by atoms with Crippen molar-refractivity contribution in [1.29, 1.82) is 0 Å². The highest BCUT2D eigenvalue weighted by Gasteiger charge is 2.53. The lowest BCUT2D eigenvalue weighted by atomic mass is 9.78. The van der Waals surface area contributed by atoms with E-state index in [1.807, 2.05) is 0 Å². The summed E-state index contributed by atoms with van der Waals surface area (Å²) in [7, 11) is -0.243. The predicted octanol–water partition coefficient (Wildman–Crippen LogP) is 4.71. The first-order valence-corrected chi connectivity index (χ1v) is 9.46. The van der Waals surface area contributed by atoms with Crippen molar-refractivity contribution in [2.24, 2.45) is 0 Å².